The van der Waals surface area contributed by atoms with Gasteiger partial charge in [0.25, 0.3) is 15.9 Å². The third-order valence-electron chi connectivity index (χ3n) is 5.61. The summed E-state index contributed by atoms with van der Waals surface area (Å²) in [5.41, 5.74) is 1.82. The number of carbonyl (C=O) groups is 1. The average molecular weight is 468 g/mol. The molecule has 1 N–H and O–H groups in total. The van der Waals surface area contributed by atoms with Crippen molar-refractivity contribution in [1.29, 1.82) is 0 Å². The van der Waals surface area contributed by atoms with Crippen molar-refractivity contribution < 1.29 is 17.6 Å². The van der Waals surface area contributed by atoms with Gasteiger partial charge in [0.2, 0.25) is 0 Å². The Balaban J connectivity index is 1.40. The second-order valence-corrected chi connectivity index (χ2v) is 9.73. The number of anilines is 1. The molecule has 0 saturated carbocycles. The van der Waals surface area contributed by atoms with Gasteiger partial charge in [-0.1, -0.05) is 36.4 Å². The largest absolute Gasteiger partial charge is 0.337 e. The third-order valence-corrected chi connectivity index (χ3v) is 7.01. The molecule has 4 rings (SSSR count). The zero-order chi connectivity index (χ0) is 23.3. The lowest BCUT2D eigenvalue weighted by atomic mass is 10.1. The fraction of sp³-hybridized carbons (Fsp3) is 0.240. The van der Waals surface area contributed by atoms with Crippen molar-refractivity contribution in [1.82, 2.24) is 9.80 Å². The van der Waals surface area contributed by atoms with Crippen molar-refractivity contribution in [3.63, 3.8) is 0 Å². The highest BCUT2D eigenvalue weighted by molar-refractivity contribution is 7.92. The molecule has 0 spiro atoms. The molecule has 1 saturated heterocycles. The minimum Gasteiger partial charge on any atom is -0.337 e. The maximum absolute atomic E-state index is 13.1. The Hall–Kier alpha value is -3.23. The minimum absolute atomic E-state index is 0.126. The molecule has 0 aromatic heterocycles. The highest BCUT2D eigenvalue weighted by atomic mass is 32.2. The molecule has 0 atom stereocenters. The zero-order valence-corrected chi connectivity index (χ0v) is 19.0. The first-order valence-electron chi connectivity index (χ1n) is 10.8. The standard InChI is InChI=1S/C25H26FN3O3S/c26-22-12-10-20(11-13-22)19-28-14-5-15-29(17-16-28)25(30)21-6-4-7-23(18-21)27-33(31,32)24-8-2-1-3-9-24/h1-4,6-13,18,27H,5,14-17,19H2. The normalized spacial score (nSPS) is 15.1. The van der Waals surface area contributed by atoms with Crippen molar-refractivity contribution in [3.05, 3.63) is 95.8 Å². The van der Waals surface area contributed by atoms with E-state index in [1.54, 1.807) is 59.5 Å². The Morgan fingerprint density at radius 1 is 0.879 bits per heavy atom. The van der Waals surface area contributed by atoms with Crippen LogP contribution < -0.4 is 4.72 Å². The number of benzene rings is 3. The van der Waals surface area contributed by atoms with Crippen LogP contribution in [0.25, 0.3) is 0 Å². The highest BCUT2D eigenvalue weighted by Gasteiger charge is 2.21. The van der Waals surface area contributed by atoms with Gasteiger partial charge < -0.3 is 4.90 Å². The van der Waals surface area contributed by atoms with Crippen LogP contribution in [-0.4, -0.2) is 50.3 Å². The van der Waals surface area contributed by atoms with E-state index in [4.69, 9.17) is 0 Å². The van der Waals surface area contributed by atoms with E-state index < -0.39 is 10.0 Å². The third kappa shape index (κ3) is 5.97. The number of sulfonamides is 1. The Kier molecular flexibility index (Phi) is 7.05. The molecule has 1 amide bonds. The van der Waals surface area contributed by atoms with Gasteiger partial charge in [-0.15, -0.1) is 0 Å². The molecule has 172 valence electrons. The lowest BCUT2D eigenvalue weighted by Gasteiger charge is -2.22. The topological polar surface area (TPSA) is 69.7 Å². The first-order chi connectivity index (χ1) is 15.9. The van der Waals surface area contributed by atoms with Crippen molar-refractivity contribution in [2.24, 2.45) is 0 Å². The summed E-state index contributed by atoms with van der Waals surface area (Å²) < 4.78 is 40.9. The summed E-state index contributed by atoms with van der Waals surface area (Å²) in [7, 11) is -3.73. The van der Waals surface area contributed by atoms with Gasteiger partial charge in [0.1, 0.15) is 5.82 Å². The zero-order valence-electron chi connectivity index (χ0n) is 18.2. The van der Waals surface area contributed by atoms with Crippen molar-refractivity contribution >= 4 is 21.6 Å². The minimum atomic E-state index is -3.73. The van der Waals surface area contributed by atoms with Gasteiger partial charge in [0.15, 0.2) is 0 Å². The van der Waals surface area contributed by atoms with Gasteiger partial charge in [-0.25, -0.2) is 12.8 Å². The van der Waals surface area contributed by atoms with Crippen LogP contribution in [0, 0.1) is 5.82 Å². The smallest absolute Gasteiger partial charge is 0.261 e. The second kappa shape index (κ2) is 10.1. The summed E-state index contributed by atoms with van der Waals surface area (Å²) in [6.07, 6.45) is 0.827. The Bertz CT molecular complexity index is 1200. The van der Waals surface area contributed by atoms with E-state index in [1.807, 2.05) is 0 Å². The second-order valence-electron chi connectivity index (χ2n) is 8.05. The molecule has 8 heteroatoms. The molecule has 3 aromatic carbocycles. The summed E-state index contributed by atoms with van der Waals surface area (Å²) >= 11 is 0. The maximum atomic E-state index is 13.1. The molecular formula is C25H26FN3O3S. The maximum Gasteiger partial charge on any atom is 0.261 e. The van der Waals surface area contributed by atoms with E-state index in [0.717, 1.165) is 18.5 Å². The van der Waals surface area contributed by atoms with Crippen LogP contribution in [0.4, 0.5) is 10.1 Å². The van der Waals surface area contributed by atoms with Crippen LogP contribution in [0.5, 0.6) is 0 Å². The van der Waals surface area contributed by atoms with Crippen LogP contribution in [0.2, 0.25) is 0 Å². The van der Waals surface area contributed by atoms with Gasteiger partial charge in [-0.2, -0.15) is 0 Å². The SMILES string of the molecule is O=C(c1cccc(NS(=O)(=O)c2ccccc2)c1)N1CCCN(Cc2ccc(F)cc2)CC1. The predicted molar refractivity (Wildman–Crippen MR) is 126 cm³/mol. The van der Waals surface area contributed by atoms with E-state index in [2.05, 4.69) is 9.62 Å². The molecule has 0 bridgehead atoms. The van der Waals surface area contributed by atoms with E-state index in [0.29, 0.717) is 37.4 Å². The van der Waals surface area contributed by atoms with Crippen LogP contribution in [-0.2, 0) is 16.6 Å². The highest BCUT2D eigenvalue weighted by Crippen LogP contribution is 2.19. The first kappa shape index (κ1) is 22.9. The number of amides is 1. The molecule has 6 nitrogen and oxygen atoms in total. The summed E-state index contributed by atoms with van der Waals surface area (Å²) in [5.74, 6) is -0.376. The van der Waals surface area contributed by atoms with Crippen molar-refractivity contribution in [2.45, 2.75) is 17.9 Å². The van der Waals surface area contributed by atoms with Gasteiger partial charge >= 0.3 is 0 Å². The molecule has 1 aliphatic heterocycles. The van der Waals surface area contributed by atoms with E-state index >= 15 is 0 Å². The Morgan fingerprint density at radius 2 is 1.64 bits per heavy atom. The molecule has 33 heavy (non-hydrogen) atoms. The molecular weight excluding hydrogens is 441 g/mol. The number of hydrogen-bond donors (Lipinski definition) is 1. The van der Waals surface area contributed by atoms with Crippen molar-refractivity contribution in [2.75, 3.05) is 30.9 Å². The van der Waals surface area contributed by atoms with Gasteiger partial charge in [0, 0.05) is 44.0 Å². The molecule has 1 heterocycles. The molecule has 0 aliphatic carbocycles. The number of rotatable bonds is 6. The molecule has 1 fully saturated rings. The number of hydrogen-bond acceptors (Lipinski definition) is 4. The first-order valence-corrected chi connectivity index (χ1v) is 12.3. The molecule has 0 radical (unpaired) electrons. The predicted octanol–water partition coefficient (Wildman–Crippen LogP) is 3.97. The van der Waals surface area contributed by atoms with E-state index in [-0.39, 0.29) is 16.6 Å². The van der Waals surface area contributed by atoms with Crippen LogP contribution in [0.3, 0.4) is 0 Å². The van der Waals surface area contributed by atoms with Crippen LogP contribution in [0.1, 0.15) is 22.3 Å². The van der Waals surface area contributed by atoms with Gasteiger partial charge in [-0.3, -0.25) is 14.4 Å². The number of nitrogens with zero attached hydrogens (tertiary/aromatic N) is 2. The Morgan fingerprint density at radius 3 is 2.39 bits per heavy atom. The van der Waals surface area contributed by atoms with E-state index in [1.165, 1.54) is 24.3 Å². The number of halogens is 1. The summed E-state index contributed by atoms with van der Waals surface area (Å²) in [6, 6.07) is 21.2. The monoisotopic (exact) mass is 467 g/mol. The summed E-state index contributed by atoms with van der Waals surface area (Å²) in [5, 5.41) is 0. The summed E-state index contributed by atoms with van der Waals surface area (Å²) in [4.78, 5) is 17.3. The summed E-state index contributed by atoms with van der Waals surface area (Å²) in [6.45, 7) is 3.46. The number of nitrogens with one attached hydrogen (secondary N) is 1. The lowest BCUT2D eigenvalue weighted by Crippen LogP contribution is -2.35. The fourth-order valence-corrected chi connectivity index (χ4v) is 4.96. The molecule has 3 aromatic rings. The fourth-order valence-electron chi connectivity index (χ4n) is 3.89. The molecule has 1 aliphatic rings. The lowest BCUT2D eigenvalue weighted by molar-refractivity contribution is 0.0761. The number of carbonyl (C=O) groups excluding carboxylic acids is 1. The Labute approximate surface area is 193 Å². The van der Waals surface area contributed by atoms with Gasteiger partial charge in [0.05, 0.1) is 4.90 Å². The van der Waals surface area contributed by atoms with Crippen LogP contribution in [0.15, 0.2) is 83.8 Å². The molecule has 0 unspecified atom stereocenters. The van der Waals surface area contributed by atoms with Gasteiger partial charge in [-0.05, 0) is 54.4 Å². The van der Waals surface area contributed by atoms with Crippen LogP contribution >= 0.6 is 0 Å². The quantitative estimate of drug-likeness (QED) is 0.596. The van der Waals surface area contributed by atoms with E-state index in [9.17, 15) is 17.6 Å². The average Bonchev–Trinajstić information content (AvgIpc) is 3.06. The van der Waals surface area contributed by atoms with Crippen molar-refractivity contribution in [3.8, 4) is 0 Å².